The van der Waals surface area contributed by atoms with Crippen LogP contribution in [0.2, 0.25) is 0 Å². The topological polar surface area (TPSA) is 108 Å². The molecule has 1 N–H and O–H groups in total. The average Bonchev–Trinajstić information content (AvgIpc) is 2.89. The maximum atomic E-state index is 12.5. The maximum Gasteiger partial charge on any atom is 0.341 e. The van der Waals surface area contributed by atoms with Crippen LogP contribution in [0.3, 0.4) is 0 Å². The molecule has 3 aromatic carbocycles. The first kappa shape index (κ1) is 25.0. The molecule has 3 rings (SSSR count). The highest BCUT2D eigenvalue weighted by Crippen LogP contribution is 2.28. The number of carbonyl (C=O) groups excluding carboxylic acids is 2. The summed E-state index contributed by atoms with van der Waals surface area (Å²) in [5.41, 5.74) is 2.56. The molecule has 0 aliphatic carbocycles. The number of carboxylic acid groups (broad SMARTS) is 1. The number of esters is 1. The summed E-state index contributed by atoms with van der Waals surface area (Å²) in [5, 5.41) is 8.74. The number of aliphatic carboxylic acids is 1. The van der Waals surface area contributed by atoms with Crippen molar-refractivity contribution in [2.75, 3.05) is 20.8 Å². The number of hydrogen-bond donors (Lipinski definition) is 1. The number of hydrogen-bond acceptors (Lipinski definition) is 7. The van der Waals surface area contributed by atoms with E-state index in [1.807, 2.05) is 12.1 Å². The quantitative estimate of drug-likeness (QED) is 0.246. The fourth-order valence-corrected chi connectivity index (χ4v) is 3.04. The van der Waals surface area contributed by atoms with Crippen LogP contribution in [-0.4, -0.2) is 43.7 Å². The maximum absolute atomic E-state index is 12.5. The molecule has 0 radical (unpaired) electrons. The highest BCUT2D eigenvalue weighted by Gasteiger charge is 2.11. The zero-order valence-corrected chi connectivity index (χ0v) is 19.2. The summed E-state index contributed by atoms with van der Waals surface area (Å²) in [6, 6.07) is 18.7. The first-order valence-corrected chi connectivity index (χ1v) is 10.5. The minimum absolute atomic E-state index is 0.241. The highest BCUT2D eigenvalue weighted by atomic mass is 16.5. The van der Waals surface area contributed by atoms with Gasteiger partial charge in [-0.3, -0.25) is 4.79 Å². The Kier molecular flexibility index (Phi) is 8.61. The third-order valence-electron chi connectivity index (χ3n) is 4.89. The van der Waals surface area contributed by atoms with Crippen LogP contribution < -0.4 is 14.2 Å². The number of benzene rings is 3. The Morgan fingerprint density at radius 1 is 0.829 bits per heavy atom. The van der Waals surface area contributed by atoms with Gasteiger partial charge in [0, 0.05) is 5.56 Å². The molecule has 0 bridgehead atoms. The lowest BCUT2D eigenvalue weighted by Gasteiger charge is -2.10. The molecule has 180 valence electrons. The van der Waals surface area contributed by atoms with E-state index in [1.165, 1.54) is 32.4 Å². The first-order valence-electron chi connectivity index (χ1n) is 10.5. The van der Waals surface area contributed by atoms with E-state index in [-0.39, 0.29) is 23.3 Å². The van der Waals surface area contributed by atoms with E-state index in [2.05, 4.69) is 4.74 Å². The van der Waals surface area contributed by atoms with Crippen LogP contribution >= 0.6 is 0 Å². The van der Waals surface area contributed by atoms with Gasteiger partial charge in [0.2, 0.25) is 0 Å². The van der Waals surface area contributed by atoms with Crippen molar-refractivity contribution in [3.05, 3.63) is 95.1 Å². The Hall–Kier alpha value is -4.59. The van der Waals surface area contributed by atoms with Gasteiger partial charge >= 0.3 is 11.9 Å². The Morgan fingerprint density at radius 3 is 2.14 bits per heavy atom. The second kappa shape index (κ2) is 12.0. The summed E-state index contributed by atoms with van der Waals surface area (Å²) in [6.07, 6.45) is 3.12. The molecule has 0 saturated carbocycles. The summed E-state index contributed by atoms with van der Waals surface area (Å²) in [6.45, 7) is -0.173. The molecule has 0 aliphatic heterocycles. The van der Waals surface area contributed by atoms with Gasteiger partial charge in [-0.1, -0.05) is 30.3 Å². The van der Waals surface area contributed by atoms with Crippen LogP contribution in [0.4, 0.5) is 0 Å². The third-order valence-corrected chi connectivity index (χ3v) is 4.89. The molecule has 8 nitrogen and oxygen atoms in total. The minimum atomic E-state index is -1.11. The number of ketones is 1. The molecular weight excluding hydrogens is 452 g/mol. The number of carbonyl (C=O) groups is 3. The van der Waals surface area contributed by atoms with E-state index < -0.39 is 12.6 Å². The van der Waals surface area contributed by atoms with Gasteiger partial charge in [0.15, 0.2) is 23.9 Å². The molecule has 0 saturated heterocycles. The highest BCUT2D eigenvalue weighted by molar-refractivity contribution is 6.07. The molecule has 0 heterocycles. The van der Waals surface area contributed by atoms with Crippen LogP contribution in [0, 0.1) is 0 Å². The lowest BCUT2D eigenvalue weighted by atomic mass is 10.1. The SMILES string of the molecule is COC(=O)c1ccc(COc2ccc(/C=C/C(=O)c3ccc(OCC(=O)O)c(OC)c3)cc2)cc1. The summed E-state index contributed by atoms with van der Waals surface area (Å²) < 4.78 is 20.8. The Labute approximate surface area is 202 Å². The first-order chi connectivity index (χ1) is 16.9. The van der Waals surface area contributed by atoms with Crippen LogP contribution in [0.25, 0.3) is 6.08 Å². The van der Waals surface area contributed by atoms with Crippen LogP contribution in [-0.2, 0) is 16.1 Å². The van der Waals surface area contributed by atoms with Crippen LogP contribution in [0.1, 0.15) is 31.8 Å². The van der Waals surface area contributed by atoms with Crippen molar-refractivity contribution < 1.29 is 38.4 Å². The van der Waals surface area contributed by atoms with Gasteiger partial charge in [0.05, 0.1) is 19.8 Å². The minimum Gasteiger partial charge on any atom is -0.493 e. The zero-order valence-electron chi connectivity index (χ0n) is 19.2. The van der Waals surface area contributed by atoms with E-state index in [9.17, 15) is 14.4 Å². The number of carboxylic acids is 1. The summed E-state index contributed by atoms with van der Waals surface area (Å²) >= 11 is 0. The average molecular weight is 476 g/mol. The molecule has 35 heavy (non-hydrogen) atoms. The third kappa shape index (κ3) is 7.20. The summed E-state index contributed by atoms with van der Waals surface area (Å²) in [4.78, 5) is 34.7. The Morgan fingerprint density at radius 2 is 1.51 bits per heavy atom. The van der Waals surface area contributed by atoms with Crippen LogP contribution in [0.5, 0.6) is 17.2 Å². The van der Waals surface area contributed by atoms with Crippen molar-refractivity contribution in [2.24, 2.45) is 0 Å². The molecule has 8 heteroatoms. The monoisotopic (exact) mass is 476 g/mol. The molecule has 0 spiro atoms. The largest absolute Gasteiger partial charge is 0.493 e. The smallest absolute Gasteiger partial charge is 0.341 e. The van der Waals surface area contributed by atoms with Gasteiger partial charge in [0.1, 0.15) is 12.4 Å². The van der Waals surface area contributed by atoms with Crippen molar-refractivity contribution in [1.82, 2.24) is 0 Å². The number of rotatable bonds is 11. The van der Waals surface area contributed by atoms with Crippen LogP contribution in [0.15, 0.2) is 72.8 Å². The van der Waals surface area contributed by atoms with Gasteiger partial charge in [0.25, 0.3) is 0 Å². The molecule has 0 unspecified atom stereocenters. The van der Waals surface area contributed by atoms with Gasteiger partial charge in [-0.15, -0.1) is 0 Å². The zero-order chi connectivity index (χ0) is 25.2. The molecule has 0 aliphatic rings. The number of ether oxygens (including phenoxy) is 4. The summed E-state index contributed by atoms with van der Waals surface area (Å²) in [5.74, 6) is -0.574. The van der Waals surface area contributed by atoms with Crippen molar-refractivity contribution in [1.29, 1.82) is 0 Å². The second-order valence-electron chi connectivity index (χ2n) is 7.29. The van der Waals surface area contributed by atoms with Gasteiger partial charge in [-0.25, -0.2) is 9.59 Å². The lowest BCUT2D eigenvalue weighted by molar-refractivity contribution is -0.139. The van der Waals surface area contributed by atoms with Gasteiger partial charge in [-0.2, -0.15) is 0 Å². The van der Waals surface area contributed by atoms with Crippen molar-refractivity contribution in [2.45, 2.75) is 6.61 Å². The van der Waals surface area contributed by atoms with Gasteiger partial charge in [-0.05, 0) is 59.7 Å². The van der Waals surface area contributed by atoms with E-state index in [4.69, 9.17) is 19.3 Å². The Balaban J connectivity index is 1.57. The molecule has 0 aromatic heterocycles. The fraction of sp³-hybridized carbons (Fsp3) is 0.148. The lowest BCUT2D eigenvalue weighted by Crippen LogP contribution is -2.10. The van der Waals surface area contributed by atoms with Gasteiger partial charge < -0.3 is 24.1 Å². The van der Waals surface area contributed by atoms with E-state index >= 15 is 0 Å². The fourth-order valence-electron chi connectivity index (χ4n) is 3.04. The van der Waals surface area contributed by atoms with Crippen molar-refractivity contribution >= 4 is 23.8 Å². The molecule has 0 fully saturated rings. The predicted molar refractivity (Wildman–Crippen MR) is 128 cm³/mol. The van der Waals surface area contributed by atoms with E-state index in [0.717, 1.165) is 11.1 Å². The molecule has 0 amide bonds. The molecule has 0 atom stereocenters. The normalized spacial score (nSPS) is 10.6. The standard InChI is InChI=1S/C27H24O8/c1-32-25-15-21(10-14-24(25)35-17-26(29)30)23(28)13-7-18-5-11-22(12-6-18)34-16-19-3-8-20(9-4-19)27(31)33-2/h3-15H,16-17H2,1-2H3,(H,29,30)/b13-7+. The van der Waals surface area contributed by atoms with E-state index in [1.54, 1.807) is 48.5 Å². The Bertz CT molecular complexity index is 1210. The number of allylic oxidation sites excluding steroid dienone is 1. The predicted octanol–water partition coefficient (Wildman–Crippen LogP) is 4.42. The van der Waals surface area contributed by atoms with Crippen molar-refractivity contribution in [3.63, 3.8) is 0 Å². The molecule has 3 aromatic rings. The summed E-state index contributed by atoms with van der Waals surface area (Å²) in [7, 11) is 2.75. The van der Waals surface area contributed by atoms with E-state index in [0.29, 0.717) is 23.5 Å². The molecular formula is C27H24O8. The van der Waals surface area contributed by atoms with Crippen molar-refractivity contribution in [3.8, 4) is 17.2 Å². The number of methoxy groups -OCH3 is 2. The second-order valence-corrected chi connectivity index (χ2v) is 7.29.